The summed E-state index contributed by atoms with van der Waals surface area (Å²) in [7, 11) is -3.93. The van der Waals surface area contributed by atoms with E-state index in [-0.39, 0.29) is 17.9 Å². The molecule has 1 aliphatic heterocycles. The minimum absolute atomic E-state index is 0.0402. The average molecular weight is 530 g/mol. The monoisotopic (exact) mass is 529 g/mol. The molecule has 1 heterocycles. The molecule has 0 amide bonds. The number of hydrogen-bond acceptors (Lipinski definition) is 4. The van der Waals surface area contributed by atoms with Crippen LogP contribution in [0.5, 0.6) is 5.75 Å². The zero-order chi connectivity index (χ0) is 26.3. The second-order valence-electron chi connectivity index (χ2n) is 9.76. The Morgan fingerprint density at radius 1 is 1.19 bits per heavy atom. The van der Waals surface area contributed by atoms with Gasteiger partial charge in [-0.25, -0.2) is 12.8 Å². The maximum atomic E-state index is 14.4. The molecule has 0 aliphatic carbocycles. The first kappa shape index (κ1) is 26.2. The Balaban J connectivity index is 1.81. The van der Waals surface area contributed by atoms with Crippen molar-refractivity contribution in [2.45, 2.75) is 50.7 Å². The Morgan fingerprint density at radius 3 is 2.58 bits per heavy atom. The Morgan fingerprint density at radius 2 is 1.92 bits per heavy atom. The van der Waals surface area contributed by atoms with Crippen molar-refractivity contribution in [3.05, 3.63) is 88.2 Å². The quantitative estimate of drug-likeness (QED) is 0.372. The van der Waals surface area contributed by atoms with Crippen LogP contribution >= 0.6 is 11.6 Å². The molecule has 0 fully saturated rings. The van der Waals surface area contributed by atoms with Gasteiger partial charge in [-0.15, -0.1) is 0 Å². The van der Waals surface area contributed by atoms with Crippen LogP contribution in [0, 0.1) is 12.7 Å². The van der Waals surface area contributed by atoms with E-state index in [1.807, 2.05) is 13.0 Å². The van der Waals surface area contributed by atoms with Gasteiger partial charge in [0.05, 0.1) is 27.8 Å². The number of allylic oxidation sites excluding steroid dienone is 1. The molecule has 0 spiro atoms. The van der Waals surface area contributed by atoms with Crippen molar-refractivity contribution in [3.8, 4) is 5.75 Å². The second kappa shape index (κ2) is 9.88. The molecule has 0 radical (unpaired) electrons. The summed E-state index contributed by atoms with van der Waals surface area (Å²) < 4.78 is 49.4. The number of fused-ring (bicyclic) bond motifs is 1. The number of sulfonamides is 1. The first-order valence-electron chi connectivity index (χ1n) is 11.6. The SMILES string of the molecule is C/C(=C\c1ccc2c(c1)N(S(=O)(=O)c1cccc(C)c1)C[C@H](CC(C)(C)O)O2)c1c(F)cccc1Cl. The van der Waals surface area contributed by atoms with Crippen LogP contribution in [-0.2, 0) is 10.0 Å². The van der Waals surface area contributed by atoms with Gasteiger partial charge in [-0.1, -0.05) is 41.9 Å². The highest BCUT2D eigenvalue weighted by molar-refractivity contribution is 7.92. The third-order valence-electron chi connectivity index (χ3n) is 5.96. The van der Waals surface area contributed by atoms with E-state index in [4.69, 9.17) is 16.3 Å². The van der Waals surface area contributed by atoms with E-state index >= 15 is 0 Å². The predicted octanol–water partition coefficient (Wildman–Crippen LogP) is 6.47. The van der Waals surface area contributed by atoms with E-state index in [1.165, 1.54) is 10.4 Å². The number of rotatable bonds is 6. The minimum atomic E-state index is -3.93. The molecule has 0 aromatic heterocycles. The normalized spacial score (nSPS) is 16.5. The fourth-order valence-electron chi connectivity index (χ4n) is 4.41. The number of anilines is 1. The fourth-order valence-corrected chi connectivity index (χ4v) is 6.33. The lowest BCUT2D eigenvalue weighted by atomic mass is 9.99. The van der Waals surface area contributed by atoms with Gasteiger partial charge < -0.3 is 9.84 Å². The molecular formula is C28H29ClFNO4S. The van der Waals surface area contributed by atoms with Gasteiger partial charge in [0.2, 0.25) is 0 Å². The number of nitrogens with zero attached hydrogens (tertiary/aromatic N) is 1. The number of aryl methyl sites for hydroxylation is 1. The Labute approximate surface area is 216 Å². The van der Waals surface area contributed by atoms with Crippen LogP contribution in [0.3, 0.4) is 0 Å². The van der Waals surface area contributed by atoms with E-state index in [0.29, 0.717) is 33.2 Å². The van der Waals surface area contributed by atoms with Gasteiger partial charge in [0, 0.05) is 12.0 Å². The Hall–Kier alpha value is -2.87. The Bertz CT molecular complexity index is 1410. The highest BCUT2D eigenvalue weighted by Crippen LogP contribution is 2.40. The third-order valence-corrected chi connectivity index (χ3v) is 8.05. The maximum Gasteiger partial charge on any atom is 0.264 e. The highest BCUT2D eigenvalue weighted by atomic mass is 35.5. The highest BCUT2D eigenvalue weighted by Gasteiger charge is 2.36. The topological polar surface area (TPSA) is 66.8 Å². The van der Waals surface area contributed by atoms with E-state index in [1.54, 1.807) is 75.4 Å². The lowest BCUT2D eigenvalue weighted by Gasteiger charge is -2.37. The molecule has 0 saturated heterocycles. The van der Waals surface area contributed by atoms with Crippen molar-refractivity contribution in [2.24, 2.45) is 0 Å². The van der Waals surface area contributed by atoms with Crippen LogP contribution in [0.1, 0.15) is 43.9 Å². The van der Waals surface area contributed by atoms with Crippen LogP contribution < -0.4 is 9.04 Å². The molecule has 1 aliphatic rings. The van der Waals surface area contributed by atoms with E-state index in [9.17, 15) is 17.9 Å². The summed E-state index contributed by atoms with van der Waals surface area (Å²) in [6.45, 7) is 6.95. The fraction of sp³-hybridized carbons (Fsp3) is 0.286. The molecule has 0 unspecified atom stereocenters. The van der Waals surface area contributed by atoms with Gasteiger partial charge in [-0.2, -0.15) is 0 Å². The molecule has 1 atom stereocenters. The van der Waals surface area contributed by atoms with Crippen molar-refractivity contribution in [3.63, 3.8) is 0 Å². The van der Waals surface area contributed by atoms with E-state index < -0.39 is 27.5 Å². The lowest BCUT2D eigenvalue weighted by molar-refractivity contribution is 0.0278. The first-order valence-corrected chi connectivity index (χ1v) is 13.4. The lowest BCUT2D eigenvalue weighted by Crippen LogP contribution is -2.46. The predicted molar refractivity (Wildman–Crippen MR) is 142 cm³/mol. The van der Waals surface area contributed by atoms with Crippen molar-refractivity contribution in [1.82, 2.24) is 0 Å². The number of benzene rings is 3. The third kappa shape index (κ3) is 5.59. The molecule has 3 aromatic rings. The number of aliphatic hydroxyl groups is 1. The molecule has 36 heavy (non-hydrogen) atoms. The molecule has 0 bridgehead atoms. The van der Waals surface area contributed by atoms with Crippen LogP contribution in [-0.4, -0.2) is 31.8 Å². The minimum Gasteiger partial charge on any atom is -0.486 e. The molecular weight excluding hydrogens is 501 g/mol. The van der Waals surface area contributed by atoms with E-state index in [0.717, 1.165) is 5.56 Å². The van der Waals surface area contributed by atoms with Gasteiger partial charge >= 0.3 is 0 Å². The van der Waals surface area contributed by atoms with Crippen LogP contribution in [0.2, 0.25) is 5.02 Å². The van der Waals surface area contributed by atoms with Gasteiger partial charge in [0.1, 0.15) is 17.7 Å². The summed E-state index contributed by atoms with van der Waals surface area (Å²) in [5, 5.41) is 10.7. The van der Waals surface area contributed by atoms with Gasteiger partial charge in [-0.05, 0) is 80.8 Å². The zero-order valence-corrected chi connectivity index (χ0v) is 22.2. The molecule has 3 aromatic carbocycles. The number of ether oxygens (including phenoxy) is 1. The van der Waals surface area contributed by atoms with Crippen LogP contribution in [0.25, 0.3) is 11.6 Å². The summed E-state index contributed by atoms with van der Waals surface area (Å²) in [6.07, 6.45) is 1.46. The molecule has 4 rings (SSSR count). The van der Waals surface area contributed by atoms with Crippen molar-refractivity contribution < 1.29 is 22.7 Å². The summed E-state index contributed by atoms with van der Waals surface area (Å²) in [5.74, 6) is -0.0406. The van der Waals surface area contributed by atoms with Gasteiger partial charge in [0.15, 0.2) is 0 Å². The maximum absolute atomic E-state index is 14.4. The summed E-state index contributed by atoms with van der Waals surface area (Å²) in [5.41, 5.74) is 1.72. The summed E-state index contributed by atoms with van der Waals surface area (Å²) in [6, 6.07) is 16.4. The molecule has 8 heteroatoms. The van der Waals surface area contributed by atoms with Crippen molar-refractivity contribution in [2.75, 3.05) is 10.8 Å². The first-order chi connectivity index (χ1) is 16.8. The average Bonchev–Trinajstić information content (AvgIpc) is 2.77. The van der Waals surface area contributed by atoms with Crippen molar-refractivity contribution >= 4 is 39.0 Å². The molecule has 5 nitrogen and oxygen atoms in total. The van der Waals surface area contributed by atoms with Gasteiger partial charge in [-0.3, -0.25) is 4.31 Å². The molecule has 190 valence electrons. The van der Waals surface area contributed by atoms with Crippen LogP contribution in [0.15, 0.2) is 65.6 Å². The second-order valence-corrected chi connectivity index (χ2v) is 12.0. The zero-order valence-electron chi connectivity index (χ0n) is 20.6. The molecule has 1 N–H and O–H groups in total. The summed E-state index contributed by atoms with van der Waals surface area (Å²) >= 11 is 6.23. The van der Waals surface area contributed by atoms with Crippen LogP contribution in [0.4, 0.5) is 10.1 Å². The molecule has 0 saturated carbocycles. The standard InChI is InChI=1S/C28H29ClFNO4S/c1-18-7-5-8-22(13-18)36(33,34)31-17-21(16-28(3,4)32)35-26-12-11-20(15-25(26)31)14-19(2)27-23(29)9-6-10-24(27)30/h5-15,21,32H,16-17H2,1-4H3/b19-14+/t21-/m0/s1. The smallest absolute Gasteiger partial charge is 0.264 e. The van der Waals surface area contributed by atoms with Gasteiger partial charge in [0.25, 0.3) is 10.0 Å². The van der Waals surface area contributed by atoms with E-state index in [2.05, 4.69) is 0 Å². The largest absolute Gasteiger partial charge is 0.486 e. The number of halogens is 2. The Kier molecular flexibility index (Phi) is 7.19. The number of hydrogen-bond donors (Lipinski definition) is 1. The summed E-state index contributed by atoms with van der Waals surface area (Å²) in [4.78, 5) is 0.174. The van der Waals surface area contributed by atoms with Crippen molar-refractivity contribution in [1.29, 1.82) is 0 Å².